The third kappa shape index (κ3) is 6.60. The molecule has 0 aliphatic carbocycles. The smallest absolute Gasteiger partial charge is 0.304 e. The molecule has 1 aliphatic heterocycles. The molecule has 1 rings (SSSR count). The maximum Gasteiger partial charge on any atom is 0.304 e. The molecule has 1 heterocycles. The van der Waals surface area contributed by atoms with Gasteiger partial charge in [0.1, 0.15) is 0 Å². The van der Waals surface area contributed by atoms with Crippen LogP contribution in [0.25, 0.3) is 0 Å². The molecule has 1 fully saturated rings. The van der Waals surface area contributed by atoms with Crippen LogP contribution >= 0.6 is 0 Å². The molecule has 1 aliphatic rings. The zero-order valence-corrected chi connectivity index (χ0v) is 10.7. The number of carbonyl (C=O) groups is 1. The monoisotopic (exact) mass is 264 g/mol. The lowest BCUT2D eigenvalue weighted by Gasteiger charge is -2.14. The first-order chi connectivity index (χ1) is 7.99. The summed E-state index contributed by atoms with van der Waals surface area (Å²) in [5.74, 6) is -1.43. The zero-order chi connectivity index (χ0) is 12.7. The maximum atomic E-state index is 11.3. The number of sulfonamides is 1. The van der Waals surface area contributed by atoms with E-state index in [1.165, 1.54) is 12.8 Å². The van der Waals surface area contributed by atoms with E-state index < -0.39 is 16.0 Å². The van der Waals surface area contributed by atoms with Crippen molar-refractivity contribution in [2.45, 2.75) is 25.7 Å². The van der Waals surface area contributed by atoms with Crippen LogP contribution in [0.2, 0.25) is 0 Å². The summed E-state index contributed by atoms with van der Waals surface area (Å²) in [4.78, 5) is 12.6. The number of carboxylic acid groups (broad SMARTS) is 1. The van der Waals surface area contributed by atoms with Crippen LogP contribution in [0.1, 0.15) is 25.7 Å². The average Bonchev–Trinajstić information content (AvgIpc) is 2.75. The van der Waals surface area contributed by atoms with Gasteiger partial charge in [0.15, 0.2) is 0 Å². The number of nitrogens with zero attached hydrogens (tertiary/aromatic N) is 1. The molecule has 100 valence electrons. The molecule has 0 atom stereocenters. The first-order valence-electron chi connectivity index (χ1n) is 5.91. The molecular weight excluding hydrogens is 244 g/mol. The molecule has 0 aromatic carbocycles. The second kappa shape index (κ2) is 6.93. The van der Waals surface area contributed by atoms with Crippen molar-refractivity contribution in [1.29, 1.82) is 0 Å². The van der Waals surface area contributed by atoms with E-state index in [9.17, 15) is 13.2 Å². The highest BCUT2D eigenvalue weighted by molar-refractivity contribution is 7.89. The van der Waals surface area contributed by atoms with Crippen molar-refractivity contribution < 1.29 is 18.3 Å². The summed E-state index contributed by atoms with van der Waals surface area (Å²) in [5.41, 5.74) is 0. The summed E-state index contributed by atoms with van der Waals surface area (Å²) >= 11 is 0. The molecule has 0 aromatic rings. The molecule has 0 amide bonds. The van der Waals surface area contributed by atoms with E-state index in [2.05, 4.69) is 9.62 Å². The average molecular weight is 264 g/mol. The van der Waals surface area contributed by atoms with Crippen LogP contribution in [0.3, 0.4) is 0 Å². The van der Waals surface area contributed by atoms with Gasteiger partial charge in [-0.15, -0.1) is 0 Å². The van der Waals surface area contributed by atoms with Crippen molar-refractivity contribution in [3.8, 4) is 0 Å². The number of nitrogens with one attached hydrogen (secondary N) is 1. The molecule has 0 bridgehead atoms. The highest BCUT2D eigenvalue weighted by Crippen LogP contribution is 2.06. The van der Waals surface area contributed by atoms with Gasteiger partial charge < -0.3 is 10.0 Å². The topological polar surface area (TPSA) is 86.7 Å². The predicted molar refractivity (Wildman–Crippen MR) is 64.3 cm³/mol. The Morgan fingerprint density at radius 2 is 1.94 bits per heavy atom. The van der Waals surface area contributed by atoms with E-state index in [1.807, 2.05) is 0 Å². The Bertz CT molecular complexity index is 336. The van der Waals surface area contributed by atoms with E-state index in [-0.39, 0.29) is 12.2 Å². The lowest BCUT2D eigenvalue weighted by Crippen LogP contribution is -2.31. The van der Waals surface area contributed by atoms with Crippen LogP contribution in [0.4, 0.5) is 0 Å². The van der Waals surface area contributed by atoms with Crippen LogP contribution in [-0.4, -0.2) is 56.3 Å². The summed E-state index contributed by atoms with van der Waals surface area (Å²) < 4.78 is 25.1. The normalized spacial score (nSPS) is 17.4. The van der Waals surface area contributed by atoms with Gasteiger partial charge in [0.25, 0.3) is 0 Å². The second-order valence-corrected chi connectivity index (χ2v) is 6.19. The van der Waals surface area contributed by atoms with Gasteiger partial charge in [-0.2, -0.15) is 0 Å². The summed E-state index contributed by atoms with van der Waals surface area (Å²) in [6.07, 6.45) is 2.88. The minimum atomic E-state index is -3.42. The molecule has 0 saturated carbocycles. The first-order valence-corrected chi connectivity index (χ1v) is 7.56. The fourth-order valence-electron chi connectivity index (χ4n) is 1.83. The molecule has 0 spiro atoms. The van der Waals surface area contributed by atoms with Crippen LogP contribution in [0.5, 0.6) is 0 Å². The van der Waals surface area contributed by atoms with Crippen molar-refractivity contribution in [1.82, 2.24) is 9.62 Å². The Morgan fingerprint density at radius 3 is 2.53 bits per heavy atom. The molecule has 2 N–H and O–H groups in total. The molecule has 17 heavy (non-hydrogen) atoms. The van der Waals surface area contributed by atoms with Gasteiger partial charge in [-0.3, -0.25) is 4.79 Å². The van der Waals surface area contributed by atoms with Crippen LogP contribution in [0.15, 0.2) is 0 Å². The van der Waals surface area contributed by atoms with Crippen molar-refractivity contribution in [3.63, 3.8) is 0 Å². The number of rotatable bonds is 8. The summed E-state index contributed by atoms with van der Waals surface area (Å²) in [6, 6.07) is 0. The molecule has 1 saturated heterocycles. The van der Waals surface area contributed by atoms with Crippen molar-refractivity contribution in [2.24, 2.45) is 0 Å². The number of carboxylic acids is 1. The lowest BCUT2D eigenvalue weighted by atomic mass is 10.4. The SMILES string of the molecule is O=C(O)CCS(=O)(=O)NCCCN1CCCC1. The van der Waals surface area contributed by atoms with E-state index in [0.29, 0.717) is 6.54 Å². The van der Waals surface area contributed by atoms with Gasteiger partial charge in [-0.05, 0) is 38.9 Å². The van der Waals surface area contributed by atoms with E-state index in [1.54, 1.807) is 0 Å². The standard InChI is InChI=1S/C10H20N2O4S/c13-10(14)4-9-17(15,16)11-5-3-8-12-6-1-2-7-12/h11H,1-9H2,(H,13,14). The van der Waals surface area contributed by atoms with Crippen molar-refractivity contribution >= 4 is 16.0 Å². The Kier molecular flexibility index (Phi) is 5.87. The minimum absolute atomic E-state index is 0.341. The minimum Gasteiger partial charge on any atom is -0.481 e. The Labute approximate surface area is 102 Å². The van der Waals surface area contributed by atoms with Gasteiger partial charge in [0.2, 0.25) is 10.0 Å². The van der Waals surface area contributed by atoms with Crippen molar-refractivity contribution in [3.05, 3.63) is 0 Å². The van der Waals surface area contributed by atoms with Crippen LogP contribution in [-0.2, 0) is 14.8 Å². The first kappa shape index (κ1) is 14.4. The number of hydrogen-bond donors (Lipinski definition) is 2. The lowest BCUT2D eigenvalue weighted by molar-refractivity contribution is -0.136. The van der Waals surface area contributed by atoms with Gasteiger partial charge in [-0.25, -0.2) is 13.1 Å². The third-order valence-corrected chi connectivity index (χ3v) is 4.14. The van der Waals surface area contributed by atoms with Crippen LogP contribution in [0, 0.1) is 0 Å². The van der Waals surface area contributed by atoms with E-state index >= 15 is 0 Å². The molecule has 6 nitrogen and oxygen atoms in total. The fourth-order valence-corrected chi connectivity index (χ4v) is 2.87. The van der Waals surface area contributed by atoms with Gasteiger partial charge in [0, 0.05) is 6.54 Å². The van der Waals surface area contributed by atoms with Gasteiger partial charge >= 0.3 is 5.97 Å². The number of likely N-dealkylation sites (tertiary alicyclic amines) is 1. The Hall–Kier alpha value is -0.660. The molecule has 7 heteroatoms. The quantitative estimate of drug-likeness (QED) is 0.596. The third-order valence-electron chi connectivity index (χ3n) is 2.76. The highest BCUT2D eigenvalue weighted by Gasteiger charge is 2.13. The largest absolute Gasteiger partial charge is 0.481 e. The summed E-state index contributed by atoms with van der Waals surface area (Å²) in [5, 5.41) is 8.39. The number of aliphatic carboxylic acids is 1. The zero-order valence-electron chi connectivity index (χ0n) is 9.89. The second-order valence-electron chi connectivity index (χ2n) is 4.26. The summed E-state index contributed by atoms with van der Waals surface area (Å²) in [7, 11) is -3.42. The van der Waals surface area contributed by atoms with Crippen LogP contribution < -0.4 is 4.72 Å². The van der Waals surface area contributed by atoms with E-state index in [0.717, 1.165) is 26.1 Å². The molecule has 0 radical (unpaired) electrons. The van der Waals surface area contributed by atoms with Gasteiger partial charge in [0.05, 0.1) is 12.2 Å². The molecule has 0 aromatic heterocycles. The highest BCUT2D eigenvalue weighted by atomic mass is 32.2. The molecule has 0 unspecified atom stereocenters. The Balaban J connectivity index is 2.09. The predicted octanol–water partition coefficient (Wildman–Crippen LogP) is -0.134. The van der Waals surface area contributed by atoms with Crippen molar-refractivity contribution in [2.75, 3.05) is 31.9 Å². The summed E-state index contributed by atoms with van der Waals surface area (Å²) in [6.45, 7) is 3.50. The molecular formula is C10H20N2O4S. The number of hydrogen-bond acceptors (Lipinski definition) is 4. The van der Waals surface area contributed by atoms with Gasteiger partial charge in [-0.1, -0.05) is 0 Å². The fraction of sp³-hybridized carbons (Fsp3) is 0.900. The Morgan fingerprint density at radius 1 is 1.29 bits per heavy atom. The maximum absolute atomic E-state index is 11.3. The van der Waals surface area contributed by atoms with E-state index in [4.69, 9.17) is 5.11 Å².